The van der Waals surface area contributed by atoms with Gasteiger partial charge in [0.1, 0.15) is 0 Å². The minimum atomic E-state index is -0.0183. The van der Waals surface area contributed by atoms with Gasteiger partial charge in [-0.15, -0.1) is 10.2 Å². The molecule has 0 bridgehead atoms. The maximum absolute atomic E-state index is 12.2. The van der Waals surface area contributed by atoms with E-state index < -0.39 is 0 Å². The van der Waals surface area contributed by atoms with Gasteiger partial charge in [0, 0.05) is 5.69 Å². The first-order valence-corrected chi connectivity index (χ1v) is 10.5. The van der Waals surface area contributed by atoms with E-state index in [-0.39, 0.29) is 11.9 Å². The fraction of sp³-hybridized carbons (Fsp3) is 0.250. The zero-order valence-electron chi connectivity index (χ0n) is 15.5. The summed E-state index contributed by atoms with van der Waals surface area (Å²) < 4.78 is 0.767. The topological polar surface area (TPSA) is 66.9 Å². The molecule has 0 spiro atoms. The van der Waals surface area contributed by atoms with Crippen LogP contribution in [0.5, 0.6) is 0 Å². The van der Waals surface area contributed by atoms with Crippen LogP contribution in [-0.2, 0) is 4.79 Å². The molecule has 7 heteroatoms. The summed E-state index contributed by atoms with van der Waals surface area (Å²) in [5.74, 6) is 0.297. The molecule has 1 heterocycles. The van der Waals surface area contributed by atoms with Crippen LogP contribution in [0, 0.1) is 13.8 Å². The molecular weight excluding hydrogens is 376 g/mol. The number of amides is 1. The van der Waals surface area contributed by atoms with Crippen molar-refractivity contribution >= 4 is 39.8 Å². The molecule has 1 aromatic heterocycles. The molecule has 27 heavy (non-hydrogen) atoms. The lowest BCUT2D eigenvalue weighted by Crippen LogP contribution is -2.28. The Morgan fingerprint density at radius 2 is 1.89 bits per heavy atom. The number of anilines is 2. The molecule has 5 nitrogen and oxygen atoms in total. The first-order valence-electron chi connectivity index (χ1n) is 8.66. The Bertz CT molecular complexity index is 911. The van der Waals surface area contributed by atoms with Crippen LogP contribution < -0.4 is 10.6 Å². The third kappa shape index (κ3) is 5.55. The molecule has 3 rings (SSSR count). The summed E-state index contributed by atoms with van der Waals surface area (Å²) in [6, 6.07) is 16.1. The van der Waals surface area contributed by atoms with Gasteiger partial charge in [0.15, 0.2) is 4.34 Å². The van der Waals surface area contributed by atoms with Gasteiger partial charge in [-0.1, -0.05) is 59.5 Å². The summed E-state index contributed by atoms with van der Waals surface area (Å²) in [7, 11) is 0. The van der Waals surface area contributed by atoms with E-state index in [0.717, 1.165) is 20.7 Å². The molecule has 2 aromatic carbocycles. The van der Waals surface area contributed by atoms with Crippen molar-refractivity contribution in [1.29, 1.82) is 0 Å². The van der Waals surface area contributed by atoms with Crippen molar-refractivity contribution in [3.63, 3.8) is 0 Å². The van der Waals surface area contributed by atoms with Crippen molar-refractivity contribution < 1.29 is 4.79 Å². The summed E-state index contributed by atoms with van der Waals surface area (Å²) >= 11 is 2.84. The highest BCUT2D eigenvalue weighted by atomic mass is 32.2. The molecule has 0 fully saturated rings. The standard InChI is InChI=1S/C20H22N4OS2/c1-13-9-10-17(11-14(13)2)22-19-23-24-20(27-19)26-12-18(25)21-15(3)16-7-5-4-6-8-16/h4-11,15H,12H2,1-3H3,(H,21,25)(H,22,23). The summed E-state index contributed by atoms with van der Waals surface area (Å²) in [4.78, 5) is 12.2. The molecule has 0 aliphatic carbocycles. The number of hydrogen-bond donors (Lipinski definition) is 2. The van der Waals surface area contributed by atoms with Gasteiger partial charge in [0.25, 0.3) is 0 Å². The second-order valence-corrected chi connectivity index (χ2v) is 8.49. The van der Waals surface area contributed by atoms with Crippen LogP contribution >= 0.6 is 23.1 Å². The van der Waals surface area contributed by atoms with E-state index in [1.807, 2.05) is 43.3 Å². The van der Waals surface area contributed by atoms with E-state index in [2.05, 4.69) is 46.8 Å². The minimum Gasteiger partial charge on any atom is -0.349 e. The van der Waals surface area contributed by atoms with Gasteiger partial charge in [-0.2, -0.15) is 0 Å². The predicted octanol–water partition coefficient (Wildman–Crippen LogP) is 4.87. The average Bonchev–Trinajstić information content (AvgIpc) is 3.11. The van der Waals surface area contributed by atoms with E-state index in [1.54, 1.807) is 0 Å². The largest absolute Gasteiger partial charge is 0.349 e. The molecule has 0 aliphatic heterocycles. The van der Waals surface area contributed by atoms with Gasteiger partial charge in [-0.3, -0.25) is 4.79 Å². The Balaban J connectivity index is 1.50. The number of nitrogens with zero attached hydrogens (tertiary/aromatic N) is 2. The highest BCUT2D eigenvalue weighted by molar-refractivity contribution is 8.01. The number of thioether (sulfide) groups is 1. The highest BCUT2D eigenvalue weighted by Gasteiger charge is 2.12. The van der Waals surface area contributed by atoms with Crippen LogP contribution in [0.1, 0.15) is 29.7 Å². The minimum absolute atomic E-state index is 0.0178. The molecule has 2 N–H and O–H groups in total. The normalized spacial score (nSPS) is 11.8. The lowest BCUT2D eigenvalue weighted by atomic mass is 10.1. The number of aryl methyl sites for hydroxylation is 2. The predicted molar refractivity (Wildman–Crippen MR) is 113 cm³/mol. The fourth-order valence-electron chi connectivity index (χ4n) is 2.50. The molecule has 1 amide bonds. The number of benzene rings is 2. The van der Waals surface area contributed by atoms with Crippen LogP contribution in [0.15, 0.2) is 52.9 Å². The Morgan fingerprint density at radius 1 is 1.11 bits per heavy atom. The first kappa shape index (κ1) is 19.4. The van der Waals surface area contributed by atoms with Crippen LogP contribution in [0.4, 0.5) is 10.8 Å². The molecule has 0 saturated carbocycles. The first-order chi connectivity index (χ1) is 13.0. The number of nitrogens with one attached hydrogen (secondary N) is 2. The van der Waals surface area contributed by atoms with Crippen LogP contribution in [0.25, 0.3) is 0 Å². The Hall–Kier alpha value is -2.38. The van der Waals surface area contributed by atoms with Gasteiger partial charge in [-0.25, -0.2) is 0 Å². The smallest absolute Gasteiger partial charge is 0.230 e. The van der Waals surface area contributed by atoms with Gasteiger partial charge in [0.05, 0.1) is 11.8 Å². The number of carbonyl (C=O) groups excluding carboxylic acids is 1. The fourth-order valence-corrected chi connectivity index (χ4v) is 4.08. The van der Waals surface area contributed by atoms with Gasteiger partial charge >= 0.3 is 0 Å². The maximum Gasteiger partial charge on any atom is 0.230 e. The Kier molecular flexibility index (Phi) is 6.47. The third-order valence-electron chi connectivity index (χ3n) is 4.17. The summed E-state index contributed by atoms with van der Waals surface area (Å²) in [6.45, 7) is 6.15. The zero-order valence-corrected chi connectivity index (χ0v) is 17.2. The Morgan fingerprint density at radius 3 is 2.63 bits per heavy atom. The van der Waals surface area contributed by atoms with E-state index in [9.17, 15) is 4.79 Å². The second kappa shape index (κ2) is 9.01. The highest BCUT2D eigenvalue weighted by Crippen LogP contribution is 2.28. The van der Waals surface area contributed by atoms with E-state index in [4.69, 9.17) is 0 Å². The number of rotatable bonds is 7. The summed E-state index contributed by atoms with van der Waals surface area (Å²) in [6.07, 6.45) is 0. The van der Waals surface area contributed by atoms with Gasteiger partial charge in [0.2, 0.25) is 11.0 Å². The molecule has 1 unspecified atom stereocenters. The SMILES string of the molecule is Cc1ccc(Nc2nnc(SCC(=O)NC(C)c3ccccc3)s2)cc1C. The monoisotopic (exact) mass is 398 g/mol. The van der Waals surface area contributed by atoms with Crippen molar-refractivity contribution in [2.45, 2.75) is 31.2 Å². The van der Waals surface area contributed by atoms with Crippen LogP contribution in [0.2, 0.25) is 0 Å². The second-order valence-electron chi connectivity index (χ2n) is 6.29. The number of hydrogen-bond acceptors (Lipinski definition) is 6. The lowest BCUT2D eigenvalue weighted by Gasteiger charge is -2.13. The van der Waals surface area contributed by atoms with Gasteiger partial charge in [-0.05, 0) is 49.6 Å². The molecule has 3 aromatic rings. The van der Waals surface area contributed by atoms with Gasteiger partial charge < -0.3 is 10.6 Å². The quantitative estimate of drug-likeness (QED) is 0.556. The molecule has 1 atom stereocenters. The molecule has 0 radical (unpaired) electrons. The summed E-state index contributed by atoms with van der Waals surface area (Å²) in [5, 5.41) is 15.3. The maximum atomic E-state index is 12.2. The van der Waals surface area contributed by atoms with E-state index in [1.165, 1.54) is 34.2 Å². The molecule has 0 aliphatic rings. The van der Waals surface area contributed by atoms with Crippen molar-refractivity contribution in [2.75, 3.05) is 11.1 Å². The Labute approximate surface area is 167 Å². The van der Waals surface area contributed by atoms with Crippen molar-refractivity contribution in [1.82, 2.24) is 15.5 Å². The zero-order chi connectivity index (χ0) is 19.2. The van der Waals surface area contributed by atoms with Crippen molar-refractivity contribution in [3.05, 3.63) is 65.2 Å². The molecule has 0 saturated heterocycles. The third-order valence-corrected chi connectivity index (χ3v) is 6.14. The van der Waals surface area contributed by atoms with E-state index in [0.29, 0.717) is 5.75 Å². The number of aromatic nitrogens is 2. The van der Waals surface area contributed by atoms with Crippen LogP contribution in [0.3, 0.4) is 0 Å². The van der Waals surface area contributed by atoms with Crippen molar-refractivity contribution in [3.8, 4) is 0 Å². The lowest BCUT2D eigenvalue weighted by molar-refractivity contribution is -0.119. The molecule has 140 valence electrons. The molecular formula is C20H22N4OS2. The van der Waals surface area contributed by atoms with E-state index >= 15 is 0 Å². The number of carbonyl (C=O) groups is 1. The average molecular weight is 399 g/mol. The summed E-state index contributed by atoms with van der Waals surface area (Å²) in [5.41, 5.74) is 4.56. The van der Waals surface area contributed by atoms with Crippen LogP contribution in [-0.4, -0.2) is 21.9 Å². The van der Waals surface area contributed by atoms with Crippen molar-refractivity contribution in [2.24, 2.45) is 0 Å².